The van der Waals surface area contributed by atoms with Crippen molar-refractivity contribution in [2.75, 3.05) is 11.9 Å². The van der Waals surface area contributed by atoms with Crippen LogP contribution in [0.1, 0.15) is 28.8 Å². The van der Waals surface area contributed by atoms with E-state index in [-0.39, 0.29) is 18.1 Å². The van der Waals surface area contributed by atoms with Gasteiger partial charge in [-0.3, -0.25) is 9.69 Å². The topological polar surface area (TPSA) is 112 Å². The number of aromatic nitrogens is 1. The molecule has 3 aromatic carbocycles. The summed E-state index contributed by atoms with van der Waals surface area (Å²) in [6.45, 7) is 0.544. The van der Waals surface area contributed by atoms with Crippen LogP contribution in [0, 0.1) is 0 Å². The molecule has 8 nitrogen and oxygen atoms in total. The number of amides is 2. The second-order valence-corrected chi connectivity index (χ2v) is 8.76. The molecule has 1 fully saturated rings. The smallest absolute Gasteiger partial charge is 0.410 e. The molecule has 0 aliphatic carbocycles. The number of ether oxygens (including phenoxy) is 1. The van der Waals surface area contributed by atoms with E-state index in [0.717, 1.165) is 22.0 Å². The van der Waals surface area contributed by atoms with Gasteiger partial charge in [-0.1, -0.05) is 36.4 Å². The molecule has 3 N–H and O–H groups in total. The molecule has 0 spiro atoms. The van der Waals surface area contributed by atoms with Crippen LogP contribution in [0.15, 0.2) is 79.0 Å². The molecule has 0 bridgehead atoms. The molecular weight excluding hydrogens is 458 g/mol. The maximum absolute atomic E-state index is 13.2. The Balaban J connectivity index is 1.33. The molecule has 1 atom stereocenters. The molecule has 5 rings (SSSR count). The van der Waals surface area contributed by atoms with Gasteiger partial charge in [-0.05, 0) is 71.3 Å². The molecule has 4 aromatic rings. The van der Waals surface area contributed by atoms with Crippen LogP contribution >= 0.6 is 0 Å². The zero-order chi connectivity index (χ0) is 25.1. The number of benzene rings is 3. The Morgan fingerprint density at radius 2 is 1.83 bits per heavy atom. The number of anilines is 1. The van der Waals surface area contributed by atoms with Crippen molar-refractivity contribution >= 4 is 34.6 Å². The molecule has 2 amide bonds. The van der Waals surface area contributed by atoms with E-state index in [0.29, 0.717) is 30.6 Å². The third-order valence-electron chi connectivity index (χ3n) is 6.33. The van der Waals surface area contributed by atoms with Crippen molar-refractivity contribution in [1.29, 1.82) is 0 Å². The number of likely N-dealkylation sites (tertiary alicyclic amines) is 1. The molecule has 1 unspecified atom stereocenters. The van der Waals surface area contributed by atoms with Crippen molar-refractivity contribution < 1.29 is 24.2 Å². The lowest BCUT2D eigenvalue weighted by Gasteiger charge is -2.23. The van der Waals surface area contributed by atoms with Gasteiger partial charge in [-0.25, -0.2) is 9.59 Å². The number of carboxylic acid groups (broad SMARTS) is 1. The Hall–Kier alpha value is -4.59. The van der Waals surface area contributed by atoms with Crippen molar-refractivity contribution in [1.82, 2.24) is 9.88 Å². The summed E-state index contributed by atoms with van der Waals surface area (Å²) in [6.07, 6.45) is 2.47. The highest BCUT2D eigenvalue weighted by molar-refractivity contribution is 5.99. The summed E-state index contributed by atoms with van der Waals surface area (Å²) in [5.74, 6) is -1.47. The van der Waals surface area contributed by atoms with E-state index in [2.05, 4.69) is 10.3 Å². The Labute approximate surface area is 207 Å². The Bertz CT molecular complexity index is 1430. The van der Waals surface area contributed by atoms with Crippen LogP contribution < -0.4 is 5.32 Å². The summed E-state index contributed by atoms with van der Waals surface area (Å²) in [6, 6.07) is 21.1. The van der Waals surface area contributed by atoms with E-state index >= 15 is 0 Å². The fourth-order valence-corrected chi connectivity index (χ4v) is 4.51. The number of hydrogen-bond donors (Lipinski definition) is 3. The number of H-pyrrole nitrogens is 1. The number of hydrogen-bond acceptors (Lipinski definition) is 4. The molecule has 8 heteroatoms. The van der Waals surface area contributed by atoms with E-state index in [1.54, 1.807) is 12.1 Å². The normalized spacial score (nSPS) is 15.1. The number of carbonyl (C=O) groups is 3. The molecule has 1 aliphatic heterocycles. The minimum Gasteiger partial charge on any atom is -0.478 e. The number of nitrogens with one attached hydrogen (secondary N) is 2. The molecular formula is C28H25N3O5. The minimum atomic E-state index is -1.10. The number of rotatable bonds is 6. The van der Waals surface area contributed by atoms with Crippen LogP contribution in [0.4, 0.5) is 10.5 Å². The summed E-state index contributed by atoms with van der Waals surface area (Å²) < 4.78 is 5.43. The first-order valence-corrected chi connectivity index (χ1v) is 11.7. The zero-order valence-corrected chi connectivity index (χ0v) is 19.4. The van der Waals surface area contributed by atoms with Gasteiger partial charge in [0.25, 0.3) is 0 Å². The third-order valence-corrected chi connectivity index (χ3v) is 6.33. The summed E-state index contributed by atoms with van der Waals surface area (Å²) in [7, 11) is 0. The van der Waals surface area contributed by atoms with Crippen molar-refractivity contribution in [2.24, 2.45) is 0 Å². The molecule has 1 aromatic heterocycles. The maximum atomic E-state index is 13.2. The van der Waals surface area contributed by atoms with Crippen LogP contribution in [0.25, 0.3) is 22.0 Å². The van der Waals surface area contributed by atoms with Gasteiger partial charge in [0.1, 0.15) is 12.6 Å². The lowest BCUT2D eigenvalue weighted by Crippen LogP contribution is -2.43. The van der Waals surface area contributed by atoms with Gasteiger partial charge in [0, 0.05) is 23.9 Å². The van der Waals surface area contributed by atoms with Crippen molar-refractivity contribution in [3.63, 3.8) is 0 Å². The highest BCUT2D eigenvalue weighted by Gasteiger charge is 2.35. The SMILES string of the molecule is O=C(O)c1cc(NC(=O)C2CCCN2C(=O)OCc2ccccc2)cc(-c2ccc3[nH]ccc3c2)c1. The molecule has 2 heterocycles. The first kappa shape index (κ1) is 23.2. The van der Waals surface area contributed by atoms with Gasteiger partial charge in [-0.15, -0.1) is 0 Å². The number of fused-ring (bicyclic) bond motifs is 1. The van der Waals surface area contributed by atoms with Gasteiger partial charge in [0.15, 0.2) is 0 Å². The summed E-state index contributed by atoms with van der Waals surface area (Å²) in [5.41, 5.74) is 3.74. The summed E-state index contributed by atoms with van der Waals surface area (Å²) in [4.78, 5) is 42.2. The zero-order valence-electron chi connectivity index (χ0n) is 19.4. The fourth-order valence-electron chi connectivity index (χ4n) is 4.51. The predicted molar refractivity (Wildman–Crippen MR) is 136 cm³/mol. The molecule has 0 radical (unpaired) electrons. The first-order valence-electron chi connectivity index (χ1n) is 11.7. The van der Waals surface area contributed by atoms with Crippen molar-refractivity contribution in [3.05, 3.63) is 90.1 Å². The second-order valence-electron chi connectivity index (χ2n) is 8.76. The lowest BCUT2D eigenvalue weighted by molar-refractivity contribution is -0.120. The molecule has 182 valence electrons. The van der Waals surface area contributed by atoms with Gasteiger partial charge >= 0.3 is 12.1 Å². The third kappa shape index (κ3) is 4.93. The van der Waals surface area contributed by atoms with Crippen molar-refractivity contribution in [2.45, 2.75) is 25.5 Å². The highest BCUT2D eigenvalue weighted by Crippen LogP contribution is 2.29. The minimum absolute atomic E-state index is 0.0579. The van der Waals surface area contributed by atoms with Gasteiger partial charge in [0.2, 0.25) is 5.91 Å². The van der Waals surface area contributed by atoms with Gasteiger partial charge in [0.05, 0.1) is 5.56 Å². The average Bonchev–Trinajstić information content (AvgIpc) is 3.57. The molecule has 36 heavy (non-hydrogen) atoms. The largest absolute Gasteiger partial charge is 0.478 e. The van der Waals surface area contributed by atoms with Crippen LogP contribution in [0.5, 0.6) is 0 Å². The molecule has 1 saturated heterocycles. The number of aromatic carboxylic acids is 1. The summed E-state index contributed by atoms with van der Waals surface area (Å²) >= 11 is 0. The maximum Gasteiger partial charge on any atom is 0.410 e. The number of aromatic amines is 1. The van der Waals surface area contributed by atoms with Gasteiger partial charge in [-0.2, -0.15) is 0 Å². The Morgan fingerprint density at radius 1 is 1.00 bits per heavy atom. The standard InChI is InChI=1S/C28H25N3O5/c32-26(25-7-4-12-31(25)28(35)36-17-18-5-2-1-3-6-18)30-23-15-21(14-22(16-23)27(33)34)19-8-9-24-20(13-19)10-11-29-24/h1-3,5-6,8-11,13-16,25,29H,4,7,12,17H2,(H,30,32)(H,33,34). The number of carboxylic acids is 1. The predicted octanol–water partition coefficient (Wildman–Crippen LogP) is 5.27. The first-order chi connectivity index (χ1) is 17.5. The van der Waals surface area contributed by atoms with E-state index < -0.39 is 18.1 Å². The van der Waals surface area contributed by atoms with E-state index in [1.807, 2.05) is 60.8 Å². The highest BCUT2D eigenvalue weighted by atomic mass is 16.6. The number of carbonyl (C=O) groups excluding carboxylic acids is 2. The second kappa shape index (κ2) is 9.95. The quantitative estimate of drug-likeness (QED) is 0.346. The fraction of sp³-hybridized carbons (Fsp3) is 0.179. The van der Waals surface area contributed by atoms with E-state index in [9.17, 15) is 19.5 Å². The van der Waals surface area contributed by atoms with Crippen LogP contribution in [0.2, 0.25) is 0 Å². The molecule has 1 aliphatic rings. The van der Waals surface area contributed by atoms with Crippen molar-refractivity contribution in [3.8, 4) is 11.1 Å². The van der Waals surface area contributed by atoms with Crippen LogP contribution in [-0.4, -0.2) is 45.5 Å². The summed E-state index contributed by atoms with van der Waals surface area (Å²) in [5, 5.41) is 13.5. The van der Waals surface area contributed by atoms with Crippen LogP contribution in [0.3, 0.4) is 0 Å². The molecule has 0 saturated carbocycles. The average molecular weight is 484 g/mol. The lowest BCUT2D eigenvalue weighted by atomic mass is 10.0. The number of nitrogens with zero attached hydrogens (tertiary/aromatic N) is 1. The van der Waals surface area contributed by atoms with Gasteiger partial charge < -0.3 is 20.1 Å². The monoisotopic (exact) mass is 483 g/mol. The Kier molecular flexibility index (Phi) is 6.40. The van der Waals surface area contributed by atoms with E-state index in [4.69, 9.17) is 4.74 Å². The van der Waals surface area contributed by atoms with Crippen LogP contribution in [-0.2, 0) is 16.1 Å². The van der Waals surface area contributed by atoms with E-state index in [1.165, 1.54) is 11.0 Å². The Morgan fingerprint density at radius 3 is 2.64 bits per heavy atom.